The van der Waals surface area contributed by atoms with E-state index in [9.17, 15) is 43.2 Å². The average molecular weight is 1410 g/mol. The second kappa shape index (κ2) is 70.1. The first-order valence-corrected chi connectivity index (χ1v) is 43.1. The molecular formula is C77H150O17P2. The second-order valence-electron chi connectivity index (χ2n) is 28.2. The number of aliphatic hydroxyl groups is 1. The molecule has 0 aliphatic heterocycles. The summed E-state index contributed by atoms with van der Waals surface area (Å²) < 4.78 is 68.5. The number of rotatable bonds is 77. The predicted molar refractivity (Wildman–Crippen MR) is 391 cm³/mol. The Balaban J connectivity index is 5.18. The third-order valence-electron chi connectivity index (χ3n) is 18.0. The Hall–Kier alpha value is -1.94. The Morgan fingerprint density at radius 3 is 0.708 bits per heavy atom. The molecule has 5 atom stereocenters. The van der Waals surface area contributed by atoms with Gasteiger partial charge in [-0.25, -0.2) is 9.13 Å². The molecule has 0 aromatic rings. The van der Waals surface area contributed by atoms with E-state index in [-0.39, 0.29) is 25.7 Å². The van der Waals surface area contributed by atoms with Crippen LogP contribution >= 0.6 is 15.6 Å². The topological polar surface area (TPSA) is 237 Å². The molecule has 19 heteroatoms. The summed E-state index contributed by atoms with van der Waals surface area (Å²) in [6, 6.07) is 0. The summed E-state index contributed by atoms with van der Waals surface area (Å²) in [5.41, 5.74) is 0. The summed E-state index contributed by atoms with van der Waals surface area (Å²) in [7, 11) is -9.91. The minimum absolute atomic E-state index is 0.108. The average Bonchev–Trinajstić information content (AvgIpc) is 1.19. The van der Waals surface area contributed by atoms with Gasteiger partial charge in [0.05, 0.1) is 26.4 Å². The van der Waals surface area contributed by atoms with Gasteiger partial charge in [-0.05, 0) is 31.6 Å². The number of phosphoric ester groups is 2. The highest BCUT2D eigenvalue weighted by Crippen LogP contribution is 2.45. The third-order valence-corrected chi connectivity index (χ3v) is 19.9. The van der Waals surface area contributed by atoms with Gasteiger partial charge in [-0.2, -0.15) is 0 Å². The summed E-state index contributed by atoms with van der Waals surface area (Å²) in [5, 5.41) is 10.6. The van der Waals surface area contributed by atoms with Gasteiger partial charge in [0.1, 0.15) is 19.3 Å². The molecule has 0 saturated heterocycles. The molecule has 570 valence electrons. The van der Waals surface area contributed by atoms with Gasteiger partial charge in [0.2, 0.25) is 0 Å². The summed E-state index contributed by atoms with van der Waals surface area (Å²) in [6.45, 7) is 7.30. The number of phosphoric acid groups is 2. The van der Waals surface area contributed by atoms with Gasteiger partial charge in [0, 0.05) is 25.7 Å². The number of esters is 4. The number of ether oxygens (including phenoxy) is 4. The van der Waals surface area contributed by atoms with Crippen LogP contribution in [0.4, 0.5) is 0 Å². The zero-order valence-corrected chi connectivity index (χ0v) is 64.3. The molecule has 0 fully saturated rings. The van der Waals surface area contributed by atoms with E-state index >= 15 is 0 Å². The Morgan fingerprint density at radius 2 is 0.479 bits per heavy atom. The minimum atomic E-state index is -4.96. The smallest absolute Gasteiger partial charge is 0.462 e. The van der Waals surface area contributed by atoms with Crippen LogP contribution in [0.2, 0.25) is 0 Å². The Kier molecular flexibility index (Phi) is 68.7. The Morgan fingerprint density at radius 1 is 0.281 bits per heavy atom. The van der Waals surface area contributed by atoms with Gasteiger partial charge in [-0.3, -0.25) is 37.3 Å². The summed E-state index contributed by atoms with van der Waals surface area (Å²) >= 11 is 0. The van der Waals surface area contributed by atoms with Crippen LogP contribution in [0.3, 0.4) is 0 Å². The molecule has 0 aromatic carbocycles. The van der Waals surface area contributed by atoms with Crippen molar-refractivity contribution in [1.82, 2.24) is 0 Å². The first-order chi connectivity index (χ1) is 46.5. The molecule has 0 saturated carbocycles. The van der Waals surface area contributed by atoms with Crippen LogP contribution < -0.4 is 0 Å². The van der Waals surface area contributed by atoms with E-state index in [1.165, 1.54) is 218 Å². The molecule has 2 unspecified atom stereocenters. The number of carbonyl (C=O) groups excluding carboxylic acids is 4. The third kappa shape index (κ3) is 70.5. The highest BCUT2D eigenvalue weighted by atomic mass is 31.2. The van der Waals surface area contributed by atoms with Crippen molar-refractivity contribution in [1.29, 1.82) is 0 Å². The van der Waals surface area contributed by atoms with E-state index in [2.05, 4.69) is 34.6 Å². The summed E-state index contributed by atoms with van der Waals surface area (Å²) in [5.74, 6) is -1.31. The fraction of sp³-hybridized carbons (Fsp3) is 0.948. The first-order valence-electron chi connectivity index (χ1n) is 40.1. The molecule has 0 radical (unpaired) electrons. The number of unbranched alkanes of at least 4 members (excludes halogenated alkanes) is 49. The van der Waals surface area contributed by atoms with Crippen molar-refractivity contribution >= 4 is 39.5 Å². The van der Waals surface area contributed by atoms with Crippen LogP contribution in [0.1, 0.15) is 407 Å². The highest BCUT2D eigenvalue weighted by Gasteiger charge is 2.30. The van der Waals surface area contributed by atoms with Crippen LogP contribution in [0.15, 0.2) is 0 Å². The van der Waals surface area contributed by atoms with Gasteiger partial charge in [0.15, 0.2) is 12.2 Å². The molecule has 0 aliphatic rings. The van der Waals surface area contributed by atoms with Crippen molar-refractivity contribution in [2.45, 2.75) is 425 Å². The van der Waals surface area contributed by atoms with Crippen molar-refractivity contribution in [3.8, 4) is 0 Å². The number of hydrogen-bond acceptors (Lipinski definition) is 15. The lowest BCUT2D eigenvalue weighted by Gasteiger charge is -2.21. The molecule has 0 heterocycles. The van der Waals surface area contributed by atoms with Crippen LogP contribution in [0, 0.1) is 5.92 Å². The Bertz CT molecular complexity index is 1840. The summed E-state index contributed by atoms with van der Waals surface area (Å²) in [4.78, 5) is 72.7. The lowest BCUT2D eigenvalue weighted by Crippen LogP contribution is -2.30. The van der Waals surface area contributed by atoms with Crippen LogP contribution in [0.5, 0.6) is 0 Å². The number of carbonyl (C=O) groups is 4. The van der Waals surface area contributed by atoms with Crippen molar-refractivity contribution in [2.24, 2.45) is 5.92 Å². The van der Waals surface area contributed by atoms with Gasteiger partial charge in [-0.15, -0.1) is 0 Å². The largest absolute Gasteiger partial charge is 0.472 e. The molecule has 17 nitrogen and oxygen atoms in total. The van der Waals surface area contributed by atoms with E-state index in [0.717, 1.165) is 109 Å². The standard InChI is InChI=1S/C77H150O17P2/c1-6-9-12-15-18-20-22-24-25-26-30-34-37-41-46-51-56-61-75(80)88-67-73(94-77(82)63-58-53-48-43-39-35-31-28-27-29-33-36-40-45-49-54-59-70(4)5)69-92-96(85,86)90-65-71(78)64-89-95(83,84)91-68-72(66-87-74(79)60-55-50-44-17-14-11-8-3)93-76(81)62-57-52-47-42-38-32-23-21-19-16-13-10-7-2/h70-73,78H,6-69H2,1-5H3,(H,83,84)(H,85,86)/t71-,72+,73+/m0/s1. The zero-order valence-electron chi connectivity index (χ0n) is 62.5. The predicted octanol–water partition coefficient (Wildman–Crippen LogP) is 22.9. The van der Waals surface area contributed by atoms with Crippen molar-refractivity contribution in [2.75, 3.05) is 39.6 Å². The normalized spacial score (nSPS) is 13.9. The molecule has 0 spiro atoms. The molecule has 3 N–H and O–H groups in total. The van der Waals surface area contributed by atoms with E-state index < -0.39 is 97.5 Å². The number of aliphatic hydroxyl groups excluding tert-OH is 1. The fourth-order valence-electron chi connectivity index (χ4n) is 11.9. The monoisotopic (exact) mass is 1410 g/mol. The number of hydrogen-bond donors (Lipinski definition) is 3. The molecule has 0 amide bonds. The maximum atomic E-state index is 13.1. The lowest BCUT2D eigenvalue weighted by atomic mass is 10.0. The van der Waals surface area contributed by atoms with E-state index in [0.29, 0.717) is 25.7 Å². The summed E-state index contributed by atoms with van der Waals surface area (Å²) in [6.07, 6.45) is 59.8. The van der Waals surface area contributed by atoms with Gasteiger partial charge >= 0.3 is 39.5 Å². The van der Waals surface area contributed by atoms with Crippen LogP contribution in [0.25, 0.3) is 0 Å². The van der Waals surface area contributed by atoms with Crippen molar-refractivity contribution < 1.29 is 80.2 Å². The van der Waals surface area contributed by atoms with Gasteiger partial charge in [-0.1, -0.05) is 356 Å². The SMILES string of the molecule is CCCCCCCCCCCCCCCCCCCC(=O)OC[C@H](COP(=O)(O)OC[C@@H](O)COP(=O)(O)OC[C@@H](COC(=O)CCCCCCCCC)OC(=O)CCCCCCCCCCCCCCC)OC(=O)CCCCCCCCCCCCCCCCCCC(C)C. The van der Waals surface area contributed by atoms with Crippen LogP contribution in [-0.4, -0.2) is 96.7 Å². The quantitative estimate of drug-likeness (QED) is 0.0222. The maximum absolute atomic E-state index is 13.1. The molecule has 0 bridgehead atoms. The van der Waals surface area contributed by atoms with Crippen LogP contribution in [-0.2, 0) is 65.4 Å². The van der Waals surface area contributed by atoms with E-state index in [1.807, 2.05) is 0 Å². The fourth-order valence-corrected chi connectivity index (χ4v) is 13.5. The molecule has 0 aromatic heterocycles. The van der Waals surface area contributed by atoms with Gasteiger partial charge < -0.3 is 33.8 Å². The second-order valence-corrected chi connectivity index (χ2v) is 31.1. The zero-order chi connectivity index (χ0) is 70.5. The molecule has 0 aliphatic carbocycles. The van der Waals surface area contributed by atoms with Gasteiger partial charge in [0.25, 0.3) is 0 Å². The van der Waals surface area contributed by atoms with Crippen molar-refractivity contribution in [3.63, 3.8) is 0 Å². The maximum Gasteiger partial charge on any atom is 0.472 e. The van der Waals surface area contributed by atoms with E-state index in [4.69, 9.17) is 37.0 Å². The molecule has 96 heavy (non-hydrogen) atoms. The molecular weight excluding hydrogens is 1260 g/mol. The minimum Gasteiger partial charge on any atom is -0.462 e. The Labute approximate surface area is 588 Å². The molecule has 0 rings (SSSR count). The van der Waals surface area contributed by atoms with E-state index in [1.54, 1.807) is 0 Å². The lowest BCUT2D eigenvalue weighted by molar-refractivity contribution is -0.161. The van der Waals surface area contributed by atoms with Crippen molar-refractivity contribution in [3.05, 3.63) is 0 Å². The highest BCUT2D eigenvalue weighted by molar-refractivity contribution is 7.47. The first kappa shape index (κ1) is 94.1.